The molecule has 0 radical (unpaired) electrons. The largest absolute Gasteiger partial charge is 0.351 e. The van der Waals surface area contributed by atoms with Crippen LogP contribution in [-0.2, 0) is 9.59 Å². The van der Waals surface area contributed by atoms with E-state index in [9.17, 15) is 18.4 Å². The number of benzene rings is 1. The Balaban J connectivity index is 1.58. The Hall–Kier alpha value is -1.63. The number of rotatable bonds is 5. The number of nitrogens with one attached hydrogen (secondary N) is 2. The molecular weight excluding hydrogens is 370 g/mol. The number of carbonyl (C=O) groups is 2. The Morgan fingerprint density at radius 3 is 2.44 bits per heavy atom. The fourth-order valence-corrected chi connectivity index (χ4v) is 6.67. The van der Waals surface area contributed by atoms with Gasteiger partial charge in [0.1, 0.15) is 0 Å². The first-order valence-electron chi connectivity index (χ1n) is 9.43. The van der Waals surface area contributed by atoms with Crippen LogP contribution in [0.15, 0.2) is 29.2 Å². The highest BCUT2D eigenvalue weighted by molar-refractivity contribution is 7.99. The van der Waals surface area contributed by atoms with E-state index in [1.54, 1.807) is 24.3 Å². The fraction of sp³-hybridized carbons (Fsp3) is 0.600. The quantitative estimate of drug-likeness (QED) is 0.727. The molecule has 0 heterocycles. The number of halogens is 2. The maximum Gasteiger partial charge on any atom is 0.288 e. The summed E-state index contributed by atoms with van der Waals surface area (Å²) in [6, 6.07) is 6.71. The molecule has 0 aliphatic heterocycles. The van der Waals surface area contributed by atoms with E-state index in [2.05, 4.69) is 10.6 Å². The monoisotopic (exact) mass is 394 g/mol. The van der Waals surface area contributed by atoms with Gasteiger partial charge in [-0.15, -0.1) is 0 Å². The Morgan fingerprint density at radius 2 is 1.81 bits per heavy atom. The molecule has 27 heavy (non-hydrogen) atoms. The second kappa shape index (κ2) is 6.76. The zero-order valence-electron chi connectivity index (χ0n) is 15.3. The first-order chi connectivity index (χ1) is 12.8. The summed E-state index contributed by atoms with van der Waals surface area (Å²) in [5.74, 6) is -1.80. The highest BCUT2D eigenvalue weighted by Gasteiger charge is 2.60. The third-order valence-electron chi connectivity index (χ3n) is 6.34. The summed E-state index contributed by atoms with van der Waals surface area (Å²) in [6.07, 6.45) is 5.28. The molecular formula is C20H24F2N2O2S. The van der Waals surface area contributed by atoms with Gasteiger partial charge in [0.25, 0.3) is 5.76 Å². The van der Waals surface area contributed by atoms with Gasteiger partial charge in [-0.2, -0.15) is 8.78 Å². The number of anilines is 1. The lowest BCUT2D eigenvalue weighted by Crippen LogP contribution is -2.65. The molecule has 4 saturated carbocycles. The minimum atomic E-state index is -2.54. The van der Waals surface area contributed by atoms with E-state index in [-0.39, 0.29) is 17.4 Å². The van der Waals surface area contributed by atoms with Crippen molar-refractivity contribution in [2.24, 2.45) is 17.3 Å². The Morgan fingerprint density at radius 1 is 1.15 bits per heavy atom. The van der Waals surface area contributed by atoms with Crippen LogP contribution in [0.5, 0.6) is 0 Å². The number of alkyl halides is 2. The average molecular weight is 394 g/mol. The van der Waals surface area contributed by atoms with Crippen LogP contribution in [0.1, 0.15) is 45.4 Å². The van der Waals surface area contributed by atoms with Crippen LogP contribution in [0.25, 0.3) is 0 Å². The van der Waals surface area contributed by atoms with Crippen molar-refractivity contribution in [3.05, 3.63) is 24.3 Å². The first-order valence-corrected chi connectivity index (χ1v) is 10.3. The number of hydrogen-bond acceptors (Lipinski definition) is 3. The Bertz CT molecular complexity index is 756. The van der Waals surface area contributed by atoms with Crippen molar-refractivity contribution < 1.29 is 18.4 Å². The van der Waals surface area contributed by atoms with Crippen LogP contribution < -0.4 is 10.6 Å². The summed E-state index contributed by atoms with van der Waals surface area (Å²) in [5, 5.41) is 6.08. The minimum absolute atomic E-state index is 0.0498. The van der Waals surface area contributed by atoms with E-state index in [1.165, 1.54) is 6.92 Å². The minimum Gasteiger partial charge on any atom is -0.351 e. The average Bonchev–Trinajstić information content (AvgIpc) is 2.53. The van der Waals surface area contributed by atoms with Gasteiger partial charge in [0.15, 0.2) is 0 Å². The maximum absolute atomic E-state index is 13.3. The van der Waals surface area contributed by atoms with Gasteiger partial charge >= 0.3 is 0 Å². The topological polar surface area (TPSA) is 58.2 Å². The summed E-state index contributed by atoms with van der Waals surface area (Å²) in [5.41, 5.74) is -0.364. The van der Waals surface area contributed by atoms with Crippen molar-refractivity contribution in [1.29, 1.82) is 0 Å². The number of hydrogen-bond donors (Lipinski definition) is 2. The molecule has 1 aromatic rings. The molecule has 2 N–H and O–H groups in total. The van der Waals surface area contributed by atoms with E-state index in [0.717, 1.165) is 32.1 Å². The van der Waals surface area contributed by atoms with Crippen LogP contribution in [0.3, 0.4) is 0 Å². The zero-order chi connectivity index (χ0) is 19.2. The number of carbonyl (C=O) groups excluding carboxylic acids is 2. The van der Waals surface area contributed by atoms with Gasteiger partial charge in [0.2, 0.25) is 11.8 Å². The molecule has 5 rings (SSSR count). The lowest BCUT2D eigenvalue weighted by Gasteiger charge is -2.61. The van der Waals surface area contributed by atoms with Crippen molar-refractivity contribution in [2.75, 3.05) is 5.32 Å². The van der Waals surface area contributed by atoms with Gasteiger partial charge in [-0.25, -0.2) is 0 Å². The molecule has 4 aliphatic carbocycles. The second-order valence-corrected chi connectivity index (χ2v) is 9.56. The molecule has 7 heteroatoms. The molecule has 0 saturated heterocycles. The molecule has 0 aromatic heterocycles. The maximum atomic E-state index is 13.3. The fourth-order valence-electron chi connectivity index (χ4n) is 6.07. The summed E-state index contributed by atoms with van der Waals surface area (Å²) < 4.78 is 25.7. The molecule has 0 spiro atoms. The van der Waals surface area contributed by atoms with E-state index in [0.29, 0.717) is 40.6 Å². The van der Waals surface area contributed by atoms with E-state index in [4.69, 9.17) is 0 Å². The highest BCUT2D eigenvalue weighted by Crippen LogP contribution is 2.62. The zero-order valence-corrected chi connectivity index (χ0v) is 16.1. The van der Waals surface area contributed by atoms with Crippen LogP contribution in [0, 0.1) is 17.3 Å². The summed E-state index contributed by atoms with van der Waals surface area (Å²) in [7, 11) is 0. The molecule has 2 unspecified atom stereocenters. The lowest BCUT2D eigenvalue weighted by molar-refractivity contribution is -0.148. The van der Waals surface area contributed by atoms with Gasteiger partial charge in [-0.1, -0.05) is 23.9 Å². The third-order valence-corrected chi connectivity index (χ3v) is 7.12. The smallest absolute Gasteiger partial charge is 0.288 e. The van der Waals surface area contributed by atoms with E-state index < -0.39 is 11.2 Å². The third kappa shape index (κ3) is 3.58. The van der Waals surface area contributed by atoms with Crippen LogP contribution in [-0.4, -0.2) is 23.1 Å². The Labute approximate surface area is 161 Å². The first kappa shape index (κ1) is 18.7. The number of amides is 2. The Kier molecular flexibility index (Phi) is 4.69. The molecule has 2 amide bonds. The molecule has 4 aliphatic rings. The normalized spacial score (nSPS) is 33.9. The van der Waals surface area contributed by atoms with Crippen molar-refractivity contribution >= 4 is 29.3 Å². The molecule has 4 fully saturated rings. The number of para-hydroxylation sites is 1. The standard InChI is InChI=1S/C20H24F2N2O2S/c1-12(25)24-20-9-13-6-14(10-20)8-19(7-13,11-20)17(26)23-15-4-2-3-5-16(15)27-18(21)22/h2-5,13-14,18H,6-11H2,1H3,(H,23,26)(H,24,25)/t13-,14+,19?,20?. The SMILES string of the molecule is CC(=O)NC12C[C@H]3C[C@@H](C1)CC(C(=O)Nc1ccccc1SC(F)F)(C3)C2. The lowest BCUT2D eigenvalue weighted by atomic mass is 9.46. The highest BCUT2D eigenvalue weighted by atomic mass is 32.2. The van der Waals surface area contributed by atoms with Gasteiger partial charge in [-0.05, 0) is 62.5 Å². The summed E-state index contributed by atoms with van der Waals surface area (Å²) in [4.78, 5) is 25.4. The second-order valence-electron chi connectivity index (χ2n) is 8.53. The van der Waals surface area contributed by atoms with Crippen LogP contribution in [0.4, 0.5) is 14.5 Å². The van der Waals surface area contributed by atoms with E-state index >= 15 is 0 Å². The van der Waals surface area contributed by atoms with Gasteiger partial charge < -0.3 is 10.6 Å². The van der Waals surface area contributed by atoms with Gasteiger partial charge in [0, 0.05) is 17.4 Å². The summed E-state index contributed by atoms with van der Waals surface area (Å²) >= 11 is 0.447. The van der Waals surface area contributed by atoms with E-state index in [1.807, 2.05) is 0 Å². The predicted molar refractivity (Wildman–Crippen MR) is 101 cm³/mol. The molecule has 146 valence electrons. The van der Waals surface area contributed by atoms with Crippen molar-refractivity contribution in [3.8, 4) is 0 Å². The van der Waals surface area contributed by atoms with Crippen molar-refractivity contribution in [2.45, 2.75) is 61.6 Å². The molecule has 4 nitrogen and oxygen atoms in total. The number of thioether (sulfide) groups is 1. The van der Waals surface area contributed by atoms with Crippen molar-refractivity contribution in [1.82, 2.24) is 5.32 Å². The molecule has 4 bridgehead atoms. The van der Waals surface area contributed by atoms with Crippen LogP contribution in [0.2, 0.25) is 0 Å². The van der Waals surface area contributed by atoms with Gasteiger partial charge in [0.05, 0.1) is 11.1 Å². The van der Waals surface area contributed by atoms with Crippen molar-refractivity contribution in [3.63, 3.8) is 0 Å². The predicted octanol–water partition coefficient (Wildman–Crippen LogP) is 4.41. The molecule has 4 atom stereocenters. The van der Waals surface area contributed by atoms with Gasteiger partial charge in [-0.3, -0.25) is 9.59 Å². The van der Waals surface area contributed by atoms with Crippen LogP contribution >= 0.6 is 11.8 Å². The summed E-state index contributed by atoms with van der Waals surface area (Å²) in [6.45, 7) is 1.53. The molecule has 1 aromatic carbocycles.